The lowest BCUT2D eigenvalue weighted by Gasteiger charge is -2.29. The molecule has 0 atom stereocenters. The maximum atomic E-state index is 13.2. The van der Waals surface area contributed by atoms with Crippen molar-refractivity contribution in [2.75, 3.05) is 32.8 Å². The molecule has 8 nitrogen and oxygen atoms in total. The van der Waals surface area contributed by atoms with E-state index < -0.39 is 10.0 Å². The molecular formula is C20H26N4O4S. The van der Waals surface area contributed by atoms with Crippen LogP contribution in [-0.2, 0) is 41.2 Å². The Morgan fingerprint density at radius 2 is 1.83 bits per heavy atom. The minimum absolute atomic E-state index is 0.156. The molecule has 0 radical (unpaired) electrons. The molecule has 1 saturated heterocycles. The minimum Gasteiger partial charge on any atom is -0.378 e. The fourth-order valence-corrected chi connectivity index (χ4v) is 5.32. The van der Waals surface area contributed by atoms with E-state index in [2.05, 4.69) is 5.10 Å². The molecule has 3 heterocycles. The third kappa shape index (κ3) is 3.70. The Morgan fingerprint density at radius 1 is 1.14 bits per heavy atom. The van der Waals surface area contributed by atoms with Crippen LogP contribution in [0.5, 0.6) is 0 Å². The highest BCUT2D eigenvalue weighted by Crippen LogP contribution is 2.28. The smallest absolute Gasteiger partial charge is 0.274 e. The van der Waals surface area contributed by atoms with Crippen LogP contribution in [0.3, 0.4) is 0 Å². The van der Waals surface area contributed by atoms with E-state index in [0.29, 0.717) is 50.5 Å². The zero-order valence-corrected chi connectivity index (χ0v) is 17.6. The van der Waals surface area contributed by atoms with Crippen molar-refractivity contribution in [2.45, 2.75) is 31.2 Å². The summed E-state index contributed by atoms with van der Waals surface area (Å²) in [4.78, 5) is 15.0. The fraction of sp³-hybridized carbons (Fsp3) is 0.500. The van der Waals surface area contributed by atoms with Crippen LogP contribution in [0.4, 0.5) is 0 Å². The fourth-order valence-electron chi connectivity index (χ4n) is 3.91. The van der Waals surface area contributed by atoms with E-state index in [0.717, 1.165) is 17.7 Å². The Labute approximate surface area is 171 Å². The van der Waals surface area contributed by atoms with Gasteiger partial charge in [-0.1, -0.05) is 19.1 Å². The topological polar surface area (TPSA) is 84.7 Å². The van der Waals surface area contributed by atoms with Crippen LogP contribution in [0.1, 0.15) is 34.2 Å². The van der Waals surface area contributed by atoms with Crippen LogP contribution in [0.15, 0.2) is 29.2 Å². The second-order valence-electron chi connectivity index (χ2n) is 7.39. The molecule has 1 amide bonds. The number of hydrogen-bond donors (Lipinski definition) is 0. The number of sulfonamides is 1. The first-order valence-corrected chi connectivity index (χ1v) is 11.4. The van der Waals surface area contributed by atoms with Crippen LogP contribution >= 0.6 is 0 Å². The SMILES string of the molecule is CCc1ccc(S(=O)(=O)N2CCc3c(c(C(=O)N4CCOCC4)nn3C)C2)cc1. The molecule has 0 N–H and O–H groups in total. The highest BCUT2D eigenvalue weighted by atomic mass is 32.2. The number of benzene rings is 1. The van der Waals surface area contributed by atoms with Gasteiger partial charge in [-0.3, -0.25) is 9.48 Å². The van der Waals surface area contributed by atoms with Crippen LogP contribution < -0.4 is 0 Å². The Bertz CT molecular complexity index is 1010. The van der Waals surface area contributed by atoms with Gasteiger partial charge in [-0.05, 0) is 24.1 Å². The molecule has 1 fully saturated rings. The summed E-state index contributed by atoms with van der Waals surface area (Å²) in [5.74, 6) is -0.156. The summed E-state index contributed by atoms with van der Waals surface area (Å²) >= 11 is 0. The number of nitrogens with zero attached hydrogens (tertiary/aromatic N) is 4. The molecule has 0 saturated carbocycles. The largest absolute Gasteiger partial charge is 0.378 e. The van der Waals surface area contributed by atoms with Gasteiger partial charge < -0.3 is 9.64 Å². The van der Waals surface area contributed by atoms with Crippen molar-refractivity contribution in [1.82, 2.24) is 19.0 Å². The van der Waals surface area contributed by atoms with Crippen LogP contribution in [-0.4, -0.2) is 66.2 Å². The van der Waals surface area contributed by atoms with E-state index in [1.807, 2.05) is 26.1 Å². The number of morpholine rings is 1. The molecule has 2 aliphatic heterocycles. The van der Waals surface area contributed by atoms with Crippen LogP contribution in [0, 0.1) is 0 Å². The number of carbonyl (C=O) groups is 1. The number of aromatic nitrogens is 2. The molecule has 1 aromatic heterocycles. The molecule has 0 unspecified atom stereocenters. The van der Waals surface area contributed by atoms with Crippen LogP contribution in [0.2, 0.25) is 0 Å². The lowest BCUT2D eigenvalue weighted by Crippen LogP contribution is -2.42. The van der Waals surface area contributed by atoms with Crippen molar-refractivity contribution in [3.8, 4) is 0 Å². The van der Waals surface area contributed by atoms with Gasteiger partial charge in [-0.15, -0.1) is 0 Å². The zero-order valence-electron chi connectivity index (χ0n) is 16.8. The number of amides is 1. The third-order valence-corrected chi connectivity index (χ3v) is 7.54. The first-order chi connectivity index (χ1) is 13.9. The predicted molar refractivity (Wildman–Crippen MR) is 107 cm³/mol. The van der Waals surface area contributed by atoms with Crippen molar-refractivity contribution in [3.05, 3.63) is 46.8 Å². The van der Waals surface area contributed by atoms with Crippen molar-refractivity contribution >= 4 is 15.9 Å². The Morgan fingerprint density at radius 3 is 2.48 bits per heavy atom. The Kier molecular flexibility index (Phi) is 5.46. The lowest BCUT2D eigenvalue weighted by molar-refractivity contribution is 0.0297. The summed E-state index contributed by atoms with van der Waals surface area (Å²) in [6, 6.07) is 7.01. The van der Waals surface area contributed by atoms with Crippen LogP contribution in [0.25, 0.3) is 0 Å². The number of carbonyl (C=O) groups excluding carboxylic acids is 1. The number of rotatable bonds is 4. The number of aryl methyl sites for hydroxylation is 2. The van der Waals surface area contributed by atoms with Gasteiger partial charge in [0.15, 0.2) is 5.69 Å². The first kappa shape index (κ1) is 20.1. The minimum atomic E-state index is -3.64. The summed E-state index contributed by atoms with van der Waals surface area (Å²) in [7, 11) is -1.83. The normalized spacial score (nSPS) is 17.9. The van der Waals surface area contributed by atoms with Crippen molar-refractivity contribution in [1.29, 1.82) is 0 Å². The van der Waals surface area contributed by atoms with Crippen molar-refractivity contribution in [3.63, 3.8) is 0 Å². The number of ether oxygens (including phenoxy) is 1. The highest BCUT2D eigenvalue weighted by Gasteiger charge is 2.34. The maximum Gasteiger partial charge on any atom is 0.274 e. The van der Waals surface area contributed by atoms with Gasteiger partial charge >= 0.3 is 0 Å². The maximum absolute atomic E-state index is 13.2. The van der Waals surface area contributed by atoms with Gasteiger partial charge in [0.2, 0.25) is 10.0 Å². The van der Waals surface area contributed by atoms with E-state index >= 15 is 0 Å². The van der Waals surface area contributed by atoms with Gasteiger partial charge in [0.1, 0.15) is 0 Å². The van der Waals surface area contributed by atoms with E-state index in [9.17, 15) is 13.2 Å². The Hall–Kier alpha value is -2.23. The second-order valence-corrected chi connectivity index (χ2v) is 9.33. The molecule has 156 valence electrons. The molecule has 29 heavy (non-hydrogen) atoms. The number of hydrogen-bond acceptors (Lipinski definition) is 5. The van der Waals surface area contributed by atoms with E-state index in [-0.39, 0.29) is 17.3 Å². The van der Waals surface area contributed by atoms with Crippen molar-refractivity contribution in [2.24, 2.45) is 7.05 Å². The first-order valence-electron chi connectivity index (χ1n) is 9.92. The second kappa shape index (κ2) is 7.89. The van der Waals surface area contributed by atoms with Gasteiger partial charge in [0, 0.05) is 50.9 Å². The monoisotopic (exact) mass is 418 g/mol. The molecule has 0 spiro atoms. The van der Waals surface area contributed by atoms with Crippen molar-refractivity contribution < 1.29 is 17.9 Å². The average Bonchev–Trinajstić information content (AvgIpc) is 3.10. The molecule has 0 bridgehead atoms. The van der Waals surface area contributed by atoms with E-state index in [1.54, 1.807) is 21.7 Å². The highest BCUT2D eigenvalue weighted by molar-refractivity contribution is 7.89. The summed E-state index contributed by atoms with van der Waals surface area (Å²) in [6.07, 6.45) is 1.39. The summed E-state index contributed by atoms with van der Waals surface area (Å²) in [6.45, 7) is 4.63. The van der Waals surface area contributed by atoms with E-state index in [1.165, 1.54) is 4.31 Å². The van der Waals surface area contributed by atoms with Gasteiger partial charge in [-0.2, -0.15) is 9.40 Å². The van der Waals surface area contributed by atoms with Gasteiger partial charge in [-0.25, -0.2) is 8.42 Å². The lowest BCUT2D eigenvalue weighted by atomic mass is 10.1. The third-order valence-electron chi connectivity index (χ3n) is 5.68. The molecule has 0 aliphatic carbocycles. The average molecular weight is 419 g/mol. The zero-order chi connectivity index (χ0) is 20.6. The molecule has 2 aliphatic rings. The molecule has 4 rings (SSSR count). The Balaban J connectivity index is 1.62. The summed E-state index contributed by atoms with van der Waals surface area (Å²) in [5.41, 5.74) is 3.08. The quantitative estimate of drug-likeness (QED) is 0.745. The summed E-state index contributed by atoms with van der Waals surface area (Å²) in [5, 5.41) is 4.44. The molecule has 9 heteroatoms. The van der Waals surface area contributed by atoms with Gasteiger partial charge in [0.05, 0.1) is 18.1 Å². The molecular weight excluding hydrogens is 392 g/mol. The molecule has 1 aromatic carbocycles. The van der Waals surface area contributed by atoms with E-state index in [4.69, 9.17) is 4.74 Å². The number of fused-ring (bicyclic) bond motifs is 1. The standard InChI is InChI=1S/C20H26N4O4S/c1-3-15-4-6-16(7-5-15)29(26,27)24-9-8-18-17(14-24)19(21-22(18)2)20(25)23-10-12-28-13-11-23/h4-7H,3,8-14H2,1-2H3. The summed E-state index contributed by atoms with van der Waals surface area (Å²) < 4.78 is 34.8. The van der Waals surface area contributed by atoms with Gasteiger partial charge in [0.25, 0.3) is 5.91 Å². The predicted octanol–water partition coefficient (Wildman–Crippen LogP) is 1.20. The molecule has 2 aromatic rings.